The largest absolute Gasteiger partial charge is 0.495 e. The molecule has 0 radical (unpaired) electrons. The Bertz CT molecular complexity index is 757. The minimum absolute atomic E-state index is 0.187. The fourth-order valence-electron chi connectivity index (χ4n) is 2.29. The summed E-state index contributed by atoms with van der Waals surface area (Å²) in [5.41, 5.74) is 6.90. The van der Waals surface area contributed by atoms with Crippen LogP contribution in [0.1, 0.15) is 26.3 Å². The van der Waals surface area contributed by atoms with E-state index in [1.54, 1.807) is 51.1 Å². The molecular formula is C19H23FN2O3. The van der Waals surface area contributed by atoms with E-state index in [0.29, 0.717) is 17.1 Å². The number of benzene rings is 2. The van der Waals surface area contributed by atoms with Gasteiger partial charge in [-0.1, -0.05) is 12.1 Å². The smallest absolute Gasteiger partial charge is 0.415 e. The van der Waals surface area contributed by atoms with E-state index in [1.807, 2.05) is 0 Å². The minimum Gasteiger partial charge on any atom is -0.495 e. The summed E-state index contributed by atoms with van der Waals surface area (Å²) in [5, 5.41) is 0. The number of nitrogen functional groups attached to an aromatic ring is 1. The van der Waals surface area contributed by atoms with Crippen molar-refractivity contribution < 1.29 is 18.7 Å². The summed E-state index contributed by atoms with van der Waals surface area (Å²) in [6.45, 7) is 5.52. The molecular weight excluding hydrogens is 323 g/mol. The van der Waals surface area contributed by atoms with Crippen LogP contribution in [0.25, 0.3) is 0 Å². The second-order valence-corrected chi connectivity index (χ2v) is 6.62. The summed E-state index contributed by atoms with van der Waals surface area (Å²) >= 11 is 0. The zero-order valence-corrected chi connectivity index (χ0v) is 14.9. The molecule has 134 valence electrons. The molecule has 0 heterocycles. The van der Waals surface area contributed by atoms with Crippen LogP contribution >= 0.6 is 0 Å². The van der Waals surface area contributed by atoms with Crippen LogP contribution < -0.4 is 15.4 Å². The standard InChI is InChI=1S/C19H23FN2O3/c1-19(2,3)25-18(23)22(15-7-5-6-14(20)11-15)12-13-8-9-17(24-4)16(21)10-13/h5-11H,12,21H2,1-4H3. The summed E-state index contributed by atoms with van der Waals surface area (Å²) in [4.78, 5) is 14.0. The highest BCUT2D eigenvalue weighted by molar-refractivity contribution is 5.87. The number of halogens is 1. The second kappa shape index (κ2) is 7.42. The number of nitrogens with zero attached hydrogens (tertiary/aromatic N) is 1. The number of carbonyl (C=O) groups is 1. The lowest BCUT2D eigenvalue weighted by Crippen LogP contribution is -2.36. The van der Waals surface area contributed by atoms with E-state index in [4.69, 9.17) is 15.2 Å². The minimum atomic E-state index is -0.665. The first kappa shape index (κ1) is 18.6. The van der Waals surface area contributed by atoms with E-state index in [1.165, 1.54) is 24.1 Å². The monoisotopic (exact) mass is 346 g/mol. The topological polar surface area (TPSA) is 64.8 Å². The molecule has 0 atom stereocenters. The van der Waals surface area contributed by atoms with Crippen molar-refractivity contribution in [2.45, 2.75) is 32.9 Å². The third kappa shape index (κ3) is 5.11. The molecule has 2 rings (SSSR count). The number of carbonyl (C=O) groups excluding carboxylic acids is 1. The Morgan fingerprint density at radius 2 is 1.92 bits per heavy atom. The molecule has 0 saturated carbocycles. The van der Waals surface area contributed by atoms with Gasteiger partial charge in [0.05, 0.1) is 25.0 Å². The van der Waals surface area contributed by atoms with Gasteiger partial charge in [-0.3, -0.25) is 4.90 Å². The van der Waals surface area contributed by atoms with Crippen molar-refractivity contribution in [3.63, 3.8) is 0 Å². The van der Waals surface area contributed by atoms with E-state index in [-0.39, 0.29) is 6.54 Å². The Balaban J connectivity index is 2.34. The molecule has 0 fully saturated rings. The average molecular weight is 346 g/mol. The molecule has 0 unspecified atom stereocenters. The van der Waals surface area contributed by atoms with Crippen molar-refractivity contribution in [1.29, 1.82) is 0 Å². The molecule has 25 heavy (non-hydrogen) atoms. The number of hydrogen-bond donors (Lipinski definition) is 1. The van der Waals surface area contributed by atoms with Crippen LogP contribution in [0.3, 0.4) is 0 Å². The summed E-state index contributed by atoms with van der Waals surface area (Å²) < 4.78 is 24.2. The molecule has 2 N–H and O–H groups in total. The first-order valence-electron chi connectivity index (χ1n) is 7.88. The molecule has 0 aliphatic heterocycles. The van der Waals surface area contributed by atoms with Crippen molar-refractivity contribution in [2.75, 3.05) is 17.7 Å². The van der Waals surface area contributed by atoms with E-state index in [2.05, 4.69) is 0 Å². The van der Waals surface area contributed by atoms with E-state index >= 15 is 0 Å². The van der Waals surface area contributed by atoms with Gasteiger partial charge in [0.25, 0.3) is 0 Å². The lowest BCUT2D eigenvalue weighted by Gasteiger charge is -2.27. The van der Waals surface area contributed by atoms with E-state index in [9.17, 15) is 9.18 Å². The summed E-state index contributed by atoms with van der Waals surface area (Å²) in [6, 6.07) is 11.0. The molecule has 2 aromatic carbocycles. The number of amides is 1. The molecule has 0 bridgehead atoms. The second-order valence-electron chi connectivity index (χ2n) is 6.62. The lowest BCUT2D eigenvalue weighted by atomic mass is 10.1. The summed E-state index contributed by atoms with van der Waals surface area (Å²) in [6.07, 6.45) is -0.563. The molecule has 0 aliphatic rings. The molecule has 1 amide bonds. The van der Waals surface area contributed by atoms with Gasteiger partial charge in [0.2, 0.25) is 0 Å². The number of nitrogens with two attached hydrogens (primary N) is 1. The van der Waals surface area contributed by atoms with Gasteiger partial charge in [0.15, 0.2) is 0 Å². The SMILES string of the molecule is COc1ccc(CN(C(=O)OC(C)(C)C)c2cccc(F)c2)cc1N. The third-order valence-electron chi connectivity index (χ3n) is 3.37. The number of hydrogen-bond acceptors (Lipinski definition) is 4. The van der Waals surface area contributed by atoms with Crippen molar-refractivity contribution in [3.05, 3.63) is 53.8 Å². The van der Waals surface area contributed by atoms with Gasteiger partial charge in [0.1, 0.15) is 17.2 Å². The summed E-state index contributed by atoms with van der Waals surface area (Å²) in [7, 11) is 1.53. The number of rotatable bonds is 4. The van der Waals surface area contributed by atoms with Gasteiger partial charge in [-0.15, -0.1) is 0 Å². The fraction of sp³-hybridized carbons (Fsp3) is 0.316. The Kier molecular flexibility index (Phi) is 5.51. The maximum atomic E-state index is 13.6. The van der Waals surface area contributed by atoms with Crippen molar-refractivity contribution in [2.24, 2.45) is 0 Å². The molecule has 0 aromatic heterocycles. The van der Waals surface area contributed by atoms with Crippen LogP contribution in [-0.2, 0) is 11.3 Å². The zero-order valence-electron chi connectivity index (χ0n) is 14.9. The number of anilines is 2. The maximum Gasteiger partial charge on any atom is 0.415 e. The molecule has 0 aliphatic carbocycles. The molecule has 0 saturated heterocycles. The quantitative estimate of drug-likeness (QED) is 0.836. The van der Waals surface area contributed by atoms with Crippen LogP contribution in [0.2, 0.25) is 0 Å². The van der Waals surface area contributed by atoms with Crippen LogP contribution in [0, 0.1) is 5.82 Å². The third-order valence-corrected chi connectivity index (χ3v) is 3.37. The average Bonchev–Trinajstić information content (AvgIpc) is 2.51. The Morgan fingerprint density at radius 3 is 2.48 bits per heavy atom. The van der Waals surface area contributed by atoms with Crippen LogP contribution in [0.4, 0.5) is 20.6 Å². The van der Waals surface area contributed by atoms with Crippen molar-refractivity contribution >= 4 is 17.5 Å². The number of ether oxygens (including phenoxy) is 2. The highest BCUT2D eigenvalue weighted by Crippen LogP contribution is 2.26. The Morgan fingerprint density at radius 1 is 1.20 bits per heavy atom. The van der Waals surface area contributed by atoms with Gasteiger partial charge in [-0.2, -0.15) is 0 Å². The van der Waals surface area contributed by atoms with E-state index < -0.39 is 17.5 Å². The molecule has 0 spiro atoms. The highest BCUT2D eigenvalue weighted by Gasteiger charge is 2.24. The number of methoxy groups -OCH3 is 1. The highest BCUT2D eigenvalue weighted by atomic mass is 19.1. The Labute approximate surface area is 147 Å². The maximum absolute atomic E-state index is 13.6. The van der Waals surface area contributed by atoms with Gasteiger partial charge in [-0.05, 0) is 56.7 Å². The van der Waals surface area contributed by atoms with Gasteiger partial charge < -0.3 is 15.2 Å². The fourth-order valence-corrected chi connectivity index (χ4v) is 2.29. The van der Waals surface area contributed by atoms with Gasteiger partial charge in [-0.25, -0.2) is 9.18 Å². The van der Waals surface area contributed by atoms with Crippen LogP contribution in [0.5, 0.6) is 5.75 Å². The molecule has 5 nitrogen and oxygen atoms in total. The van der Waals surface area contributed by atoms with Gasteiger partial charge >= 0.3 is 6.09 Å². The predicted molar refractivity (Wildman–Crippen MR) is 96.2 cm³/mol. The van der Waals surface area contributed by atoms with Crippen LogP contribution in [0.15, 0.2) is 42.5 Å². The van der Waals surface area contributed by atoms with Crippen molar-refractivity contribution in [3.8, 4) is 5.75 Å². The van der Waals surface area contributed by atoms with Gasteiger partial charge in [0, 0.05) is 0 Å². The normalized spacial score (nSPS) is 11.1. The molecule has 6 heteroatoms. The van der Waals surface area contributed by atoms with Crippen LogP contribution in [-0.4, -0.2) is 18.8 Å². The van der Waals surface area contributed by atoms with E-state index in [0.717, 1.165) is 5.56 Å². The first-order chi connectivity index (χ1) is 11.7. The first-order valence-corrected chi connectivity index (χ1v) is 7.88. The zero-order chi connectivity index (χ0) is 18.6. The molecule has 2 aromatic rings. The summed E-state index contributed by atoms with van der Waals surface area (Å²) in [5.74, 6) is 0.124. The Hall–Kier alpha value is -2.76. The van der Waals surface area contributed by atoms with Crippen molar-refractivity contribution in [1.82, 2.24) is 0 Å². The lowest BCUT2D eigenvalue weighted by molar-refractivity contribution is 0.0577. The predicted octanol–water partition coefficient (Wildman–Crippen LogP) is 4.36.